The molecule has 1 saturated heterocycles. The largest absolute Gasteiger partial charge is 0.497 e. The maximum atomic E-state index is 12.4. The zero-order chi connectivity index (χ0) is 19.2. The standard InChI is InChI=1S/C21H27ClN2O2S/c1-15-12-17(26-2)6-8-19(15)23-21(25)10-5-16-4-3-11-24(13-16)14-18-7-9-20(22)27-18/h6-9,12,16H,3-5,10-11,13-14H2,1-2H3,(H,23,25)/t16-/m1/s1. The van der Waals surface area contributed by atoms with Gasteiger partial charge in [0.2, 0.25) is 5.91 Å². The number of carbonyl (C=O) groups is 1. The molecular formula is C21H27ClN2O2S. The van der Waals surface area contributed by atoms with E-state index < -0.39 is 0 Å². The van der Waals surface area contributed by atoms with Crippen molar-refractivity contribution in [3.05, 3.63) is 45.1 Å². The number of aryl methyl sites for hydroxylation is 1. The second-order valence-corrected chi connectivity index (χ2v) is 9.02. The fourth-order valence-electron chi connectivity index (χ4n) is 3.64. The van der Waals surface area contributed by atoms with Crippen LogP contribution in [0.25, 0.3) is 0 Å². The average Bonchev–Trinajstić information content (AvgIpc) is 3.06. The van der Waals surface area contributed by atoms with Crippen molar-refractivity contribution in [2.45, 2.75) is 39.2 Å². The summed E-state index contributed by atoms with van der Waals surface area (Å²) in [5.41, 5.74) is 1.88. The number of likely N-dealkylation sites (tertiary alicyclic amines) is 1. The Morgan fingerprint density at radius 3 is 2.93 bits per heavy atom. The molecule has 0 saturated carbocycles. The van der Waals surface area contributed by atoms with E-state index >= 15 is 0 Å². The van der Waals surface area contributed by atoms with Gasteiger partial charge in [-0.3, -0.25) is 9.69 Å². The van der Waals surface area contributed by atoms with Crippen LogP contribution in [0, 0.1) is 12.8 Å². The van der Waals surface area contributed by atoms with Crippen LogP contribution in [-0.4, -0.2) is 31.0 Å². The smallest absolute Gasteiger partial charge is 0.224 e. The van der Waals surface area contributed by atoms with Crippen LogP contribution in [0.15, 0.2) is 30.3 Å². The Hall–Kier alpha value is -1.56. The maximum absolute atomic E-state index is 12.4. The van der Waals surface area contributed by atoms with Crippen LogP contribution in [0.4, 0.5) is 5.69 Å². The molecule has 0 spiro atoms. The molecule has 146 valence electrons. The van der Waals surface area contributed by atoms with E-state index in [-0.39, 0.29) is 5.91 Å². The maximum Gasteiger partial charge on any atom is 0.224 e. The summed E-state index contributed by atoms with van der Waals surface area (Å²) in [6, 6.07) is 9.79. The van der Waals surface area contributed by atoms with Gasteiger partial charge in [-0.15, -0.1) is 11.3 Å². The van der Waals surface area contributed by atoms with Crippen molar-refractivity contribution in [3.8, 4) is 5.75 Å². The van der Waals surface area contributed by atoms with Crippen molar-refractivity contribution in [3.63, 3.8) is 0 Å². The van der Waals surface area contributed by atoms with Gasteiger partial charge in [-0.2, -0.15) is 0 Å². The SMILES string of the molecule is COc1ccc(NC(=O)CC[C@H]2CCCN(Cc3ccc(Cl)s3)C2)c(C)c1. The van der Waals surface area contributed by atoms with Crippen LogP contribution < -0.4 is 10.1 Å². The number of hydrogen-bond donors (Lipinski definition) is 1. The minimum absolute atomic E-state index is 0.0884. The van der Waals surface area contributed by atoms with Gasteiger partial charge in [0.05, 0.1) is 11.4 Å². The van der Waals surface area contributed by atoms with Gasteiger partial charge in [-0.1, -0.05) is 11.6 Å². The Morgan fingerprint density at radius 1 is 1.37 bits per heavy atom. The molecule has 1 atom stereocenters. The molecule has 0 unspecified atom stereocenters. The van der Waals surface area contributed by atoms with Crippen LogP contribution in [0.2, 0.25) is 4.34 Å². The third-order valence-electron chi connectivity index (χ3n) is 5.10. The van der Waals surface area contributed by atoms with Crippen LogP contribution in [-0.2, 0) is 11.3 Å². The van der Waals surface area contributed by atoms with E-state index in [2.05, 4.69) is 16.3 Å². The topological polar surface area (TPSA) is 41.6 Å². The molecule has 1 fully saturated rings. The molecule has 27 heavy (non-hydrogen) atoms. The fourth-order valence-corrected chi connectivity index (χ4v) is 4.77. The highest BCUT2D eigenvalue weighted by atomic mass is 35.5. The van der Waals surface area contributed by atoms with Crippen molar-refractivity contribution >= 4 is 34.5 Å². The second-order valence-electron chi connectivity index (χ2n) is 7.22. The first-order chi connectivity index (χ1) is 13.0. The number of anilines is 1. The highest BCUT2D eigenvalue weighted by molar-refractivity contribution is 7.16. The molecular weight excluding hydrogens is 380 g/mol. The van der Waals surface area contributed by atoms with E-state index in [0.717, 1.165) is 47.4 Å². The van der Waals surface area contributed by atoms with E-state index in [1.165, 1.54) is 17.7 Å². The van der Waals surface area contributed by atoms with Gasteiger partial charge in [0, 0.05) is 30.1 Å². The Morgan fingerprint density at radius 2 is 2.22 bits per heavy atom. The number of thiophene rings is 1. The number of halogens is 1. The van der Waals surface area contributed by atoms with Gasteiger partial charge >= 0.3 is 0 Å². The number of piperidine rings is 1. The molecule has 2 heterocycles. The van der Waals surface area contributed by atoms with Crippen molar-refractivity contribution in [2.24, 2.45) is 5.92 Å². The molecule has 4 nitrogen and oxygen atoms in total. The first kappa shape index (κ1) is 20.2. The third-order valence-corrected chi connectivity index (χ3v) is 6.31. The predicted octanol–water partition coefficient (Wildman–Crippen LogP) is 5.35. The molecule has 1 aliphatic heterocycles. The number of hydrogen-bond acceptors (Lipinski definition) is 4. The van der Waals surface area contributed by atoms with Crippen molar-refractivity contribution in [1.29, 1.82) is 0 Å². The first-order valence-electron chi connectivity index (χ1n) is 9.44. The molecule has 0 aliphatic carbocycles. The summed E-state index contributed by atoms with van der Waals surface area (Å²) in [7, 11) is 1.65. The van der Waals surface area contributed by atoms with Gasteiger partial charge in [-0.05, 0) is 74.5 Å². The lowest BCUT2D eigenvalue weighted by molar-refractivity contribution is -0.116. The summed E-state index contributed by atoms with van der Waals surface area (Å²) in [6.45, 7) is 5.13. The molecule has 1 amide bonds. The minimum Gasteiger partial charge on any atom is -0.497 e. The molecule has 6 heteroatoms. The number of carbonyl (C=O) groups excluding carboxylic acids is 1. The van der Waals surface area contributed by atoms with E-state index in [1.807, 2.05) is 31.2 Å². The van der Waals surface area contributed by atoms with E-state index in [4.69, 9.17) is 16.3 Å². The summed E-state index contributed by atoms with van der Waals surface area (Å²) in [4.78, 5) is 16.2. The van der Waals surface area contributed by atoms with Crippen LogP contribution in [0.1, 0.15) is 36.1 Å². The monoisotopic (exact) mass is 406 g/mol. The molecule has 1 aromatic heterocycles. The predicted molar refractivity (Wildman–Crippen MR) is 113 cm³/mol. The lowest BCUT2D eigenvalue weighted by Gasteiger charge is -2.32. The number of nitrogens with one attached hydrogen (secondary N) is 1. The summed E-state index contributed by atoms with van der Waals surface area (Å²) in [6.07, 6.45) is 3.90. The third kappa shape index (κ3) is 5.96. The Kier molecular flexibility index (Phi) is 7.16. The number of amides is 1. The zero-order valence-corrected chi connectivity index (χ0v) is 17.5. The van der Waals surface area contributed by atoms with Crippen LogP contribution >= 0.6 is 22.9 Å². The molecule has 0 radical (unpaired) electrons. The first-order valence-corrected chi connectivity index (χ1v) is 10.6. The highest BCUT2D eigenvalue weighted by Gasteiger charge is 2.21. The summed E-state index contributed by atoms with van der Waals surface area (Å²) < 4.78 is 6.06. The molecule has 2 aromatic rings. The van der Waals surface area contributed by atoms with Gasteiger partial charge < -0.3 is 10.1 Å². The van der Waals surface area contributed by atoms with E-state index in [1.54, 1.807) is 18.4 Å². The molecule has 3 rings (SSSR count). The van der Waals surface area contributed by atoms with Gasteiger partial charge in [0.15, 0.2) is 0 Å². The number of rotatable bonds is 7. The average molecular weight is 407 g/mol. The second kappa shape index (κ2) is 9.58. The fraction of sp³-hybridized carbons (Fsp3) is 0.476. The van der Waals surface area contributed by atoms with Gasteiger partial charge in [-0.25, -0.2) is 0 Å². The molecule has 1 N–H and O–H groups in total. The molecule has 1 aromatic carbocycles. The Bertz CT molecular complexity index is 777. The highest BCUT2D eigenvalue weighted by Crippen LogP contribution is 2.27. The van der Waals surface area contributed by atoms with Gasteiger partial charge in [0.25, 0.3) is 0 Å². The zero-order valence-electron chi connectivity index (χ0n) is 16.0. The van der Waals surface area contributed by atoms with E-state index in [9.17, 15) is 4.79 Å². The van der Waals surface area contributed by atoms with Crippen molar-refractivity contribution < 1.29 is 9.53 Å². The number of nitrogens with zero attached hydrogens (tertiary/aromatic N) is 1. The number of ether oxygens (including phenoxy) is 1. The van der Waals surface area contributed by atoms with Crippen LogP contribution in [0.5, 0.6) is 5.75 Å². The normalized spacial score (nSPS) is 17.7. The van der Waals surface area contributed by atoms with Crippen LogP contribution in [0.3, 0.4) is 0 Å². The molecule has 1 aliphatic rings. The summed E-state index contributed by atoms with van der Waals surface area (Å²) in [5.74, 6) is 1.47. The minimum atomic E-state index is 0.0884. The van der Waals surface area contributed by atoms with Crippen molar-refractivity contribution in [2.75, 3.05) is 25.5 Å². The lowest BCUT2D eigenvalue weighted by Crippen LogP contribution is -2.35. The van der Waals surface area contributed by atoms with Gasteiger partial charge in [0.1, 0.15) is 5.75 Å². The summed E-state index contributed by atoms with van der Waals surface area (Å²) in [5, 5.41) is 3.03. The molecule has 0 bridgehead atoms. The quantitative estimate of drug-likeness (QED) is 0.673. The number of benzene rings is 1. The lowest BCUT2D eigenvalue weighted by atomic mass is 9.93. The Labute approximate surface area is 170 Å². The Balaban J connectivity index is 1.45. The number of methoxy groups -OCH3 is 1. The van der Waals surface area contributed by atoms with E-state index in [0.29, 0.717) is 12.3 Å². The summed E-state index contributed by atoms with van der Waals surface area (Å²) >= 11 is 7.69. The van der Waals surface area contributed by atoms with Crippen molar-refractivity contribution in [1.82, 2.24) is 4.90 Å².